The summed E-state index contributed by atoms with van der Waals surface area (Å²) in [4.78, 5) is 30.9. The molecule has 1 saturated heterocycles. The van der Waals surface area contributed by atoms with Crippen molar-refractivity contribution >= 4 is 19.0 Å². The number of hydrogen-bond donors (Lipinski definition) is 0. The molecule has 0 N–H and O–H groups in total. The first-order valence-electron chi connectivity index (χ1n) is 8.78. The van der Waals surface area contributed by atoms with Gasteiger partial charge in [0.05, 0.1) is 6.61 Å². The van der Waals surface area contributed by atoms with E-state index < -0.39 is 0 Å². The molecule has 0 spiro atoms. The zero-order chi connectivity index (χ0) is 18.9. The summed E-state index contributed by atoms with van der Waals surface area (Å²) in [6.45, 7) is 5.00. The number of aryl methyl sites for hydroxylation is 1. The molecule has 1 aliphatic rings. The Hall–Kier alpha value is -2.01. The lowest BCUT2D eigenvalue weighted by atomic mass is 10.0. The molecule has 0 radical (unpaired) electrons. The van der Waals surface area contributed by atoms with E-state index in [1.165, 1.54) is 18.9 Å². The van der Waals surface area contributed by atoms with Gasteiger partial charge in [-0.25, -0.2) is 0 Å². The molecule has 5 heteroatoms. The summed E-state index contributed by atoms with van der Waals surface area (Å²) in [7, 11) is 2.01. The Kier molecular flexibility index (Phi) is 14.3. The topological polar surface area (TPSA) is 63.7 Å². The fourth-order valence-electron chi connectivity index (χ4n) is 2.72. The van der Waals surface area contributed by atoms with Crippen molar-refractivity contribution in [2.45, 2.75) is 51.5 Å². The van der Waals surface area contributed by atoms with E-state index in [4.69, 9.17) is 14.3 Å². The van der Waals surface area contributed by atoms with Crippen molar-refractivity contribution in [2.24, 2.45) is 0 Å². The van der Waals surface area contributed by atoms with Gasteiger partial charge in [-0.15, -0.1) is 0 Å². The summed E-state index contributed by atoms with van der Waals surface area (Å²) in [5.41, 5.74) is 1.35. The van der Waals surface area contributed by atoms with Crippen LogP contribution in [-0.4, -0.2) is 50.2 Å². The third-order valence-corrected chi connectivity index (χ3v) is 3.99. The van der Waals surface area contributed by atoms with Gasteiger partial charge in [0.2, 0.25) is 0 Å². The first-order chi connectivity index (χ1) is 12.2. The van der Waals surface area contributed by atoms with Crippen LogP contribution in [0.1, 0.15) is 44.6 Å². The number of likely N-dealkylation sites (N-methyl/N-ethyl adjacent to an activating group) is 1. The third kappa shape index (κ3) is 10.5. The maximum absolute atomic E-state index is 12.0. The largest absolute Gasteiger partial charge is 0.465 e. The van der Waals surface area contributed by atoms with Crippen molar-refractivity contribution < 1.29 is 19.1 Å². The molecule has 5 nitrogen and oxygen atoms in total. The molecule has 1 aromatic carbocycles. The van der Waals surface area contributed by atoms with Crippen molar-refractivity contribution in [1.82, 2.24) is 4.90 Å². The second kappa shape index (κ2) is 15.5. The molecule has 0 saturated carbocycles. The first kappa shape index (κ1) is 23.0. The molecule has 0 aromatic heterocycles. The third-order valence-electron chi connectivity index (χ3n) is 3.99. The molecular weight excluding hydrogens is 318 g/mol. The Morgan fingerprint density at radius 2 is 1.88 bits per heavy atom. The summed E-state index contributed by atoms with van der Waals surface area (Å²) in [5, 5.41) is 0. The Morgan fingerprint density at radius 3 is 2.48 bits per heavy atom. The zero-order valence-electron chi connectivity index (χ0n) is 15.5. The number of rotatable bonds is 6. The van der Waals surface area contributed by atoms with E-state index in [0.717, 1.165) is 44.9 Å². The van der Waals surface area contributed by atoms with Crippen molar-refractivity contribution in [3.05, 3.63) is 35.9 Å². The molecule has 1 heterocycles. The van der Waals surface area contributed by atoms with E-state index in [1.807, 2.05) is 19.9 Å². The van der Waals surface area contributed by atoms with Gasteiger partial charge in [-0.05, 0) is 58.2 Å². The van der Waals surface area contributed by atoms with E-state index in [1.54, 1.807) is 0 Å². The van der Waals surface area contributed by atoms with Gasteiger partial charge in [-0.3, -0.25) is 9.69 Å². The van der Waals surface area contributed by atoms with Gasteiger partial charge in [-0.2, -0.15) is 0 Å². The Labute approximate surface area is 151 Å². The Bertz CT molecular complexity index is 464. The first-order valence-corrected chi connectivity index (χ1v) is 8.78. The standard InChI is InChI=1S/C17H25NO2.C2H4O.CH2O/c1-18-13-7-5-12-16(18)17(19)20-14-8-6-11-15-9-3-2-4-10-15;1-2-3;1-2/h2-4,9-10,16H,5-8,11-14H2,1H3;2H,1H3;1H2/t16-;;/m0../s1. The van der Waals surface area contributed by atoms with E-state index in [0.29, 0.717) is 6.61 Å². The predicted molar refractivity (Wildman–Crippen MR) is 99.5 cm³/mol. The highest BCUT2D eigenvalue weighted by Gasteiger charge is 2.26. The lowest BCUT2D eigenvalue weighted by molar-refractivity contribution is -0.150. The quantitative estimate of drug-likeness (QED) is 0.449. The van der Waals surface area contributed by atoms with Crippen LogP contribution in [0.4, 0.5) is 0 Å². The van der Waals surface area contributed by atoms with Crippen LogP contribution in [0.2, 0.25) is 0 Å². The Balaban J connectivity index is 0.00000104. The van der Waals surface area contributed by atoms with Crippen LogP contribution in [0.25, 0.3) is 0 Å². The molecule has 0 aliphatic carbocycles. The van der Waals surface area contributed by atoms with Crippen molar-refractivity contribution in [2.75, 3.05) is 20.2 Å². The minimum atomic E-state index is -0.0353. The Morgan fingerprint density at radius 1 is 1.24 bits per heavy atom. The van der Waals surface area contributed by atoms with Crippen molar-refractivity contribution in [3.63, 3.8) is 0 Å². The van der Waals surface area contributed by atoms with Crippen LogP contribution in [-0.2, 0) is 25.5 Å². The maximum Gasteiger partial charge on any atom is 0.323 e. The summed E-state index contributed by atoms with van der Waals surface area (Å²) >= 11 is 0. The molecule has 2 rings (SSSR count). The van der Waals surface area contributed by atoms with Crippen LogP contribution < -0.4 is 0 Å². The van der Waals surface area contributed by atoms with Crippen LogP contribution in [0.3, 0.4) is 0 Å². The fraction of sp³-hybridized carbons (Fsp3) is 0.550. The van der Waals surface area contributed by atoms with E-state index in [9.17, 15) is 4.79 Å². The summed E-state index contributed by atoms with van der Waals surface area (Å²) in [5.74, 6) is -0.0353. The number of likely N-dealkylation sites (tertiary alicyclic amines) is 1. The average Bonchev–Trinajstić information content (AvgIpc) is 2.65. The molecule has 0 amide bonds. The SMILES string of the molecule is C=O.CC=O.CN1CCCC[C@H]1C(=O)OCCCCc1ccccc1. The average molecular weight is 349 g/mol. The highest BCUT2D eigenvalue weighted by Crippen LogP contribution is 2.16. The zero-order valence-corrected chi connectivity index (χ0v) is 15.5. The molecule has 1 aliphatic heterocycles. The van der Waals surface area contributed by atoms with Gasteiger partial charge in [-0.1, -0.05) is 36.8 Å². The lowest BCUT2D eigenvalue weighted by Gasteiger charge is -2.30. The minimum absolute atomic E-state index is 0.0159. The van der Waals surface area contributed by atoms with Crippen LogP contribution in [0, 0.1) is 0 Å². The van der Waals surface area contributed by atoms with Crippen LogP contribution >= 0.6 is 0 Å². The molecule has 0 bridgehead atoms. The highest BCUT2D eigenvalue weighted by molar-refractivity contribution is 5.75. The number of nitrogens with zero attached hydrogens (tertiary/aromatic N) is 1. The molecule has 1 fully saturated rings. The number of hydrogen-bond acceptors (Lipinski definition) is 5. The predicted octanol–water partition coefficient (Wildman–Crippen LogP) is 3.06. The van der Waals surface area contributed by atoms with E-state index >= 15 is 0 Å². The molecule has 140 valence electrons. The number of benzene rings is 1. The van der Waals surface area contributed by atoms with Crippen molar-refractivity contribution in [3.8, 4) is 0 Å². The normalized spacial score (nSPS) is 16.5. The van der Waals surface area contributed by atoms with Gasteiger partial charge < -0.3 is 14.3 Å². The number of carbonyl (C=O) groups excluding carboxylic acids is 3. The van der Waals surface area contributed by atoms with E-state index in [2.05, 4.69) is 29.2 Å². The number of piperidine rings is 1. The summed E-state index contributed by atoms with van der Waals surface area (Å²) in [6, 6.07) is 10.4. The maximum atomic E-state index is 12.0. The van der Waals surface area contributed by atoms with Gasteiger partial charge in [0.15, 0.2) is 0 Å². The minimum Gasteiger partial charge on any atom is -0.465 e. The molecule has 25 heavy (non-hydrogen) atoms. The van der Waals surface area contributed by atoms with Gasteiger partial charge in [0.25, 0.3) is 0 Å². The number of ether oxygens (including phenoxy) is 1. The second-order valence-corrected chi connectivity index (χ2v) is 5.84. The summed E-state index contributed by atoms with van der Waals surface area (Å²) in [6.07, 6.45) is 7.09. The van der Waals surface area contributed by atoms with Crippen LogP contribution in [0.15, 0.2) is 30.3 Å². The molecule has 0 unspecified atom stereocenters. The molecular formula is C20H31NO4. The van der Waals surface area contributed by atoms with Crippen LogP contribution in [0.5, 0.6) is 0 Å². The number of aldehydes is 1. The van der Waals surface area contributed by atoms with Crippen molar-refractivity contribution in [1.29, 1.82) is 0 Å². The number of unbranched alkanes of at least 4 members (excludes halogenated alkanes) is 1. The number of carbonyl (C=O) groups is 3. The smallest absolute Gasteiger partial charge is 0.323 e. The van der Waals surface area contributed by atoms with E-state index in [-0.39, 0.29) is 12.0 Å². The highest BCUT2D eigenvalue weighted by atomic mass is 16.5. The monoisotopic (exact) mass is 349 g/mol. The number of esters is 1. The van der Waals surface area contributed by atoms with Gasteiger partial charge >= 0.3 is 5.97 Å². The second-order valence-electron chi connectivity index (χ2n) is 5.84. The summed E-state index contributed by atoms with van der Waals surface area (Å²) < 4.78 is 5.41. The van der Waals surface area contributed by atoms with Gasteiger partial charge in [0.1, 0.15) is 19.1 Å². The molecule has 1 aromatic rings. The fourth-order valence-corrected chi connectivity index (χ4v) is 2.72. The lowest BCUT2D eigenvalue weighted by Crippen LogP contribution is -2.42. The molecule has 1 atom stereocenters. The van der Waals surface area contributed by atoms with Gasteiger partial charge in [0, 0.05) is 0 Å².